The summed E-state index contributed by atoms with van der Waals surface area (Å²) in [5, 5.41) is 20.6. The lowest BCUT2D eigenvalue weighted by Gasteiger charge is -2.59. The van der Waals surface area contributed by atoms with Crippen molar-refractivity contribution in [3.05, 3.63) is 11.6 Å². The predicted molar refractivity (Wildman–Crippen MR) is 121 cm³/mol. The molecule has 0 aromatic rings. The Labute approximate surface area is 192 Å². The number of aliphatic hydroxyl groups is 2. The molecule has 0 heterocycles. The van der Waals surface area contributed by atoms with E-state index in [1.54, 1.807) is 0 Å². The number of rotatable bonds is 4. The maximum atomic E-state index is 13.5. The number of hydrogen-bond acceptors (Lipinski definition) is 2. The van der Waals surface area contributed by atoms with E-state index in [4.69, 9.17) is 0 Å². The molecule has 5 heteroatoms. The topological polar surface area (TPSA) is 40.5 Å². The highest BCUT2D eigenvalue weighted by atomic mass is 19.4. The highest BCUT2D eigenvalue weighted by Gasteiger charge is 2.63. The van der Waals surface area contributed by atoms with Crippen molar-refractivity contribution in [1.29, 1.82) is 0 Å². The fourth-order valence-corrected chi connectivity index (χ4v) is 8.65. The zero-order valence-electron chi connectivity index (χ0n) is 20.6. The molecule has 2 nitrogen and oxygen atoms in total. The fourth-order valence-electron chi connectivity index (χ4n) is 8.65. The molecule has 3 fully saturated rings. The molecule has 0 spiro atoms. The molecule has 184 valence electrons. The Kier molecular flexibility index (Phi) is 5.94. The van der Waals surface area contributed by atoms with E-state index in [9.17, 15) is 23.4 Å². The molecule has 3 saturated carbocycles. The molecule has 4 aliphatic rings. The van der Waals surface area contributed by atoms with Crippen LogP contribution < -0.4 is 0 Å². The van der Waals surface area contributed by atoms with Gasteiger partial charge in [-0.3, -0.25) is 0 Å². The summed E-state index contributed by atoms with van der Waals surface area (Å²) >= 11 is 0. The second-order valence-corrected chi connectivity index (χ2v) is 13.0. The summed E-state index contributed by atoms with van der Waals surface area (Å²) in [5.41, 5.74) is -2.22. The molecule has 2 N–H and O–H groups in total. The van der Waals surface area contributed by atoms with Crippen LogP contribution in [-0.2, 0) is 0 Å². The number of alkyl halides is 3. The van der Waals surface area contributed by atoms with E-state index in [-0.39, 0.29) is 18.3 Å². The van der Waals surface area contributed by atoms with Gasteiger partial charge < -0.3 is 10.2 Å². The van der Waals surface area contributed by atoms with E-state index in [2.05, 4.69) is 26.8 Å². The average Bonchev–Trinajstić information content (AvgIpc) is 3.02. The van der Waals surface area contributed by atoms with E-state index < -0.39 is 17.4 Å². The van der Waals surface area contributed by atoms with E-state index in [1.165, 1.54) is 12.8 Å². The number of halogens is 3. The summed E-state index contributed by atoms with van der Waals surface area (Å²) in [6, 6.07) is 0. The highest BCUT2D eigenvalue weighted by molar-refractivity contribution is 5.28. The predicted octanol–water partition coefficient (Wildman–Crippen LogP) is 7.05. The molecule has 0 amide bonds. The lowest BCUT2D eigenvalue weighted by atomic mass is 9.46. The van der Waals surface area contributed by atoms with Gasteiger partial charge in [-0.25, -0.2) is 0 Å². The van der Waals surface area contributed by atoms with Crippen molar-refractivity contribution >= 4 is 0 Å². The van der Waals surface area contributed by atoms with Crippen molar-refractivity contribution in [3.63, 3.8) is 0 Å². The normalized spacial score (nSPS) is 45.5. The summed E-state index contributed by atoms with van der Waals surface area (Å²) < 4.78 is 40.6. The van der Waals surface area contributed by atoms with Crippen LogP contribution in [0.4, 0.5) is 13.2 Å². The molecule has 0 radical (unpaired) electrons. The van der Waals surface area contributed by atoms with Crippen LogP contribution in [0.3, 0.4) is 0 Å². The lowest BCUT2D eigenvalue weighted by molar-refractivity contribution is -0.271. The summed E-state index contributed by atoms with van der Waals surface area (Å²) in [4.78, 5) is 0. The minimum absolute atomic E-state index is 0.175. The molecule has 0 aliphatic heterocycles. The van der Waals surface area contributed by atoms with Gasteiger partial charge in [0.2, 0.25) is 0 Å². The van der Waals surface area contributed by atoms with Crippen LogP contribution in [-0.4, -0.2) is 27.6 Å². The molecule has 2 unspecified atom stereocenters. The van der Waals surface area contributed by atoms with Gasteiger partial charge in [0, 0.05) is 6.42 Å². The number of allylic oxidation sites excluding steroid dienone is 1. The van der Waals surface area contributed by atoms with E-state index in [0.717, 1.165) is 37.7 Å². The second-order valence-electron chi connectivity index (χ2n) is 13.0. The molecule has 4 rings (SSSR count). The standard InChI is InChI=1S/C27H43F3O2/c1-17(10-12-23(2,3)31)20-8-9-21-19-7-6-18-16-26(32,27(28,29)30)15-14-24(18,4)22(19)11-13-25(20,21)5/h6,17,19-22,31-32H,7-16H2,1-5H3/t17-,19+,20?,21+,22?,24+,25-,26+/m1/s1. The number of hydrogen-bond donors (Lipinski definition) is 2. The van der Waals surface area contributed by atoms with Gasteiger partial charge in [-0.2, -0.15) is 13.2 Å². The zero-order valence-corrected chi connectivity index (χ0v) is 20.6. The molecule has 0 aromatic carbocycles. The molecule has 4 aliphatic carbocycles. The van der Waals surface area contributed by atoms with E-state index in [1.807, 2.05) is 13.8 Å². The van der Waals surface area contributed by atoms with Crippen LogP contribution in [0.15, 0.2) is 11.6 Å². The van der Waals surface area contributed by atoms with Gasteiger partial charge in [-0.05, 0) is 112 Å². The molecule has 8 atom stereocenters. The lowest BCUT2D eigenvalue weighted by Crippen LogP contribution is -2.55. The maximum absolute atomic E-state index is 13.5. The van der Waals surface area contributed by atoms with E-state index >= 15 is 0 Å². The van der Waals surface area contributed by atoms with Crippen LogP contribution in [0.1, 0.15) is 98.8 Å². The molecule has 0 saturated heterocycles. The summed E-state index contributed by atoms with van der Waals surface area (Å²) in [6.45, 7) is 10.8. The molecule has 0 bridgehead atoms. The van der Waals surface area contributed by atoms with Crippen molar-refractivity contribution in [2.75, 3.05) is 0 Å². The first kappa shape index (κ1) is 24.6. The summed E-state index contributed by atoms with van der Waals surface area (Å²) in [5.74, 6) is 2.86. The summed E-state index contributed by atoms with van der Waals surface area (Å²) in [6.07, 6.45) is 4.99. The van der Waals surface area contributed by atoms with Gasteiger partial charge in [0.25, 0.3) is 0 Å². The Morgan fingerprint density at radius 3 is 2.38 bits per heavy atom. The van der Waals surface area contributed by atoms with Gasteiger partial charge in [0.15, 0.2) is 5.60 Å². The van der Waals surface area contributed by atoms with E-state index in [0.29, 0.717) is 41.4 Å². The third-order valence-electron chi connectivity index (χ3n) is 10.7. The molecule has 0 aromatic heterocycles. The first-order chi connectivity index (χ1) is 14.6. The van der Waals surface area contributed by atoms with Gasteiger partial charge >= 0.3 is 6.18 Å². The summed E-state index contributed by atoms with van der Waals surface area (Å²) in [7, 11) is 0. The van der Waals surface area contributed by atoms with Crippen molar-refractivity contribution in [2.45, 2.75) is 116 Å². The Morgan fingerprint density at radius 1 is 1.06 bits per heavy atom. The third kappa shape index (κ3) is 3.87. The maximum Gasteiger partial charge on any atom is 0.417 e. The molecule has 32 heavy (non-hydrogen) atoms. The molecular weight excluding hydrogens is 413 g/mol. The Hall–Kier alpha value is -0.550. The largest absolute Gasteiger partial charge is 0.417 e. The zero-order chi connectivity index (χ0) is 23.7. The van der Waals surface area contributed by atoms with Gasteiger partial charge in [-0.1, -0.05) is 32.4 Å². The highest BCUT2D eigenvalue weighted by Crippen LogP contribution is 2.68. The van der Waals surface area contributed by atoms with Crippen LogP contribution in [0.2, 0.25) is 0 Å². The van der Waals surface area contributed by atoms with Crippen LogP contribution in [0.5, 0.6) is 0 Å². The van der Waals surface area contributed by atoms with Crippen molar-refractivity contribution in [2.24, 2.45) is 40.4 Å². The minimum atomic E-state index is -4.56. The van der Waals surface area contributed by atoms with Crippen LogP contribution in [0.25, 0.3) is 0 Å². The first-order valence-corrected chi connectivity index (χ1v) is 12.8. The van der Waals surface area contributed by atoms with Gasteiger partial charge in [0.05, 0.1) is 5.60 Å². The smallest absolute Gasteiger partial charge is 0.390 e. The monoisotopic (exact) mass is 456 g/mol. The Balaban J connectivity index is 1.53. The van der Waals surface area contributed by atoms with Gasteiger partial charge in [0.1, 0.15) is 0 Å². The van der Waals surface area contributed by atoms with Crippen LogP contribution >= 0.6 is 0 Å². The van der Waals surface area contributed by atoms with Crippen molar-refractivity contribution in [3.8, 4) is 0 Å². The average molecular weight is 457 g/mol. The fraction of sp³-hybridized carbons (Fsp3) is 0.926. The second kappa shape index (κ2) is 7.73. The SMILES string of the molecule is C[C@H](CCC(C)(C)O)C1CC[C@H]2[C@@H]3CC=C4C[C@](O)(C(F)(F)F)CC[C@]4(C)C3CC[C@]12C. The third-order valence-corrected chi connectivity index (χ3v) is 10.7. The van der Waals surface area contributed by atoms with Crippen LogP contribution in [0, 0.1) is 40.4 Å². The first-order valence-electron chi connectivity index (χ1n) is 12.8. The Bertz CT molecular complexity index is 753. The van der Waals surface area contributed by atoms with Gasteiger partial charge in [-0.15, -0.1) is 0 Å². The molecular formula is C27H43F3O2. The quantitative estimate of drug-likeness (QED) is 0.445. The number of fused-ring (bicyclic) bond motifs is 5. The Morgan fingerprint density at radius 2 is 1.75 bits per heavy atom. The van der Waals surface area contributed by atoms with Crippen molar-refractivity contribution < 1.29 is 23.4 Å². The van der Waals surface area contributed by atoms with Crippen molar-refractivity contribution in [1.82, 2.24) is 0 Å². The minimum Gasteiger partial charge on any atom is -0.390 e.